The molecule has 146 valence electrons. The minimum Gasteiger partial charge on any atom is -0.376 e. The van der Waals surface area contributed by atoms with E-state index in [0.29, 0.717) is 19.8 Å². The van der Waals surface area contributed by atoms with E-state index in [2.05, 4.69) is 0 Å². The first-order chi connectivity index (χ1) is 12.4. The molecule has 3 aliphatic rings. The van der Waals surface area contributed by atoms with Crippen LogP contribution >= 0.6 is 8.60 Å². The maximum absolute atomic E-state index is 5.95. The normalized spacial score (nSPS) is 32.4. The molecule has 0 bridgehead atoms. The summed E-state index contributed by atoms with van der Waals surface area (Å²) in [6.45, 7) is 4.13. The van der Waals surface area contributed by atoms with Gasteiger partial charge in [-0.2, -0.15) is 0 Å². The summed E-state index contributed by atoms with van der Waals surface area (Å²) in [6, 6.07) is 0. The third kappa shape index (κ3) is 7.76. The summed E-state index contributed by atoms with van der Waals surface area (Å²) >= 11 is 0. The van der Waals surface area contributed by atoms with Crippen LogP contribution in [0.2, 0.25) is 0 Å². The highest BCUT2D eigenvalue weighted by Crippen LogP contribution is 2.41. The van der Waals surface area contributed by atoms with Crippen molar-refractivity contribution in [2.75, 3.05) is 39.6 Å². The van der Waals surface area contributed by atoms with Gasteiger partial charge in [-0.3, -0.25) is 0 Å². The van der Waals surface area contributed by atoms with Crippen molar-refractivity contribution in [2.24, 2.45) is 0 Å². The second-order valence-electron chi connectivity index (χ2n) is 7.08. The summed E-state index contributed by atoms with van der Waals surface area (Å²) < 4.78 is 35.1. The SMILES string of the molecule is C1CCC(COP(OCC2CCCCO2)OCC2CCCCO2)OC1. The minimum absolute atomic E-state index is 0.169. The third-order valence-corrected chi connectivity index (χ3v) is 6.00. The maximum Gasteiger partial charge on any atom is 0.332 e. The van der Waals surface area contributed by atoms with E-state index in [-0.39, 0.29) is 18.3 Å². The van der Waals surface area contributed by atoms with Crippen LogP contribution in [0.15, 0.2) is 0 Å². The molecule has 0 aromatic heterocycles. The molecule has 0 spiro atoms. The van der Waals surface area contributed by atoms with E-state index in [9.17, 15) is 0 Å². The molecule has 3 heterocycles. The molecule has 0 N–H and O–H groups in total. The lowest BCUT2D eigenvalue weighted by molar-refractivity contribution is -0.0407. The van der Waals surface area contributed by atoms with Crippen LogP contribution in [0, 0.1) is 0 Å². The Morgan fingerprint density at radius 1 is 0.560 bits per heavy atom. The summed E-state index contributed by atoms with van der Waals surface area (Å²) in [7, 11) is -1.38. The highest BCUT2D eigenvalue weighted by molar-refractivity contribution is 7.41. The van der Waals surface area contributed by atoms with Crippen molar-refractivity contribution in [3.63, 3.8) is 0 Å². The van der Waals surface area contributed by atoms with Gasteiger partial charge in [-0.15, -0.1) is 0 Å². The molecular weight excluding hydrogens is 343 g/mol. The van der Waals surface area contributed by atoms with Crippen molar-refractivity contribution < 1.29 is 27.8 Å². The Morgan fingerprint density at radius 2 is 0.920 bits per heavy atom. The van der Waals surface area contributed by atoms with Gasteiger partial charge >= 0.3 is 8.60 Å². The van der Waals surface area contributed by atoms with Crippen molar-refractivity contribution in [2.45, 2.75) is 76.1 Å². The highest BCUT2D eigenvalue weighted by atomic mass is 31.2. The third-order valence-electron chi connectivity index (χ3n) is 4.92. The zero-order valence-electron chi connectivity index (χ0n) is 15.2. The van der Waals surface area contributed by atoms with Crippen LogP contribution in [0.4, 0.5) is 0 Å². The lowest BCUT2D eigenvalue weighted by Crippen LogP contribution is -2.27. The fourth-order valence-corrected chi connectivity index (χ4v) is 4.45. The molecule has 3 atom stereocenters. The van der Waals surface area contributed by atoms with Crippen LogP contribution in [0.1, 0.15) is 57.8 Å². The molecule has 3 fully saturated rings. The Morgan fingerprint density at radius 3 is 1.20 bits per heavy atom. The number of hydrogen-bond acceptors (Lipinski definition) is 6. The van der Waals surface area contributed by atoms with Gasteiger partial charge in [0.25, 0.3) is 0 Å². The predicted octanol–water partition coefficient (Wildman–Crippen LogP) is 3.97. The fourth-order valence-electron chi connectivity index (χ4n) is 3.36. The summed E-state index contributed by atoms with van der Waals surface area (Å²) in [6.07, 6.45) is 10.7. The van der Waals surface area contributed by atoms with Crippen LogP contribution < -0.4 is 0 Å². The Bertz CT molecular complexity index is 288. The Hall–Kier alpha value is 0.190. The topological polar surface area (TPSA) is 55.4 Å². The molecular formula is C18H33O6P. The van der Waals surface area contributed by atoms with E-state index in [0.717, 1.165) is 58.3 Å². The molecule has 25 heavy (non-hydrogen) atoms. The Labute approximate surface area is 152 Å². The molecule has 0 saturated carbocycles. The van der Waals surface area contributed by atoms with Crippen LogP contribution in [-0.2, 0) is 27.8 Å². The van der Waals surface area contributed by atoms with Crippen molar-refractivity contribution in [1.29, 1.82) is 0 Å². The Kier molecular flexibility index (Phi) is 9.42. The first-order valence-corrected chi connectivity index (χ1v) is 11.0. The second-order valence-corrected chi connectivity index (χ2v) is 8.30. The smallest absolute Gasteiger partial charge is 0.332 e. The van der Waals surface area contributed by atoms with E-state index < -0.39 is 8.60 Å². The molecule has 7 heteroatoms. The predicted molar refractivity (Wildman–Crippen MR) is 95.5 cm³/mol. The number of ether oxygens (including phenoxy) is 3. The van der Waals surface area contributed by atoms with E-state index in [4.69, 9.17) is 27.8 Å². The van der Waals surface area contributed by atoms with Crippen LogP contribution in [0.3, 0.4) is 0 Å². The minimum atomic E-state index is -1.38. The Balaban J connectivity index is 1.39. The molecule has 6 nitrogen and oxygen atoms in total. The first-order valence-electron chi connectivity index (χ1n) is 9.94. The maximum atomic E-state index is 5.95. The van der Waals surface area contributed by atoms with Gasteiger partial charge in [0.15, 0.2) is 0 Å². The molecule has 0 radical (unpaired) electrons. The zero-order valence-corrected chi connectivity index (χ0v) is 16.1. The summed E-state index contributed by atoms with van der Waals surface area (Å²) in [4.78, 5) is 0. The van der Waals surface area contributed by atoms with Crippen molar-refractivity contribution in [3.8, 4) is 0 Å². The molecule has 0 aliphatic carbocycles. The highest BCUT2D eigenvalue weighted by Gasteiger charge is 2.24. The van der Waals surface area contributed by atoms with Crippen LogP contribution in [0.25, 0.3) is 0 Å². The number of hydrogen-bond donors (Lipinski definition) is 0. The van der Waals surface area contributed by atoms with E-state index in [1.807, 2.05) is 0 Å². The molecule has 0 aromatic carbocycles. The van der Waals surface area contributed by atoms with Gasteiger partial charge < -0.3 is 27.8 Å². The standard InChI is InChI=1S/C18H33O6P/c1-4-10-19-16(7-1)13-22-25(23-14-17-8-2-5-11-20-17)24-15-18-9-3-6-12-21-18/h16-18H,1-15H2. The van der Waals surface area contributed by atoms with Gasteiger partial charge in [0.05, 0.1) is 38.1 Å². The van der Waals surface area contributed by atoms with E-state index in [1.54, 1.807) is 0 Å². The van der Waals surface area contributed by atoms with Crippen LogP contribution in [0.5, 0.6) is 0 Å². The summed E-state index contributed by atoms with van der Waals surface area (Å²) in [5, 5.41) is 0. The van der Waals surface area contributed by atoms with Gasteiger partial charge in [-0.25, -0.2) is 0 Å². The molecule has 3 unspecified atom stereocenters. The summed E-state index contributed by atoms with van der Waals surface area (Å²) in [5.74, 6) is 0. The zero-order chi connectivity index (χ0) is 17.2. The van der Waals surface area contributed by atoms with E-state index >= 15 is 0 Å². The largest absolute Gasteiger partial charge is 0.376 e. The van der Waals surface area contributed by atoms with Gasteiger partial charge in [-0.1, -0.05) is 0 Å². The quantitative estimate of drug-likeness (QED) is 0.568. The average Bonchev–Trinajstić information content (AvgIpc) is 2.70. The van der Waals surface area contributed by atoms with Gasteiger partial charge in [-0.05, 0) is 57.8 Å². The lowest BCUT2D eigenvalue weighted by atomic mass is 10.1. The average molecular weight is 376 g/mol. The van der Waals surface area contributed by atoms with Gasteiger partial charge in [0.1, 0.15) is 0 Å². The number of rotatable bonds is 9. The fraction of sp³-hybridized carbons (Fsp3) is 1.00. The lowest BCUT2D eigenvalue weighted by Gasteiger charge is -2.28. The molecule has 3 rings (SSSR count). The van der Waals surface area contributed by atoms with Crippen molar-refractivity contribution in [1.82, 2.24) is 0 Å². The molecule has 0 amide bonds. The van der Waals surface area contributed by atoms with Gasteiger partial charge in [0.2, 0.25) is 0 Å². The molecule has 3 saturated heterocycles. The molecule has 0 aromatic rings. The van der Waals surface area contributed by atoms with Crippen LogP contribution in [-0.4, -0.2) is 58.0 Å². The van der Waals surface area contributed by atoms with Crippen molar-refractivity contribution in [3.05, 3.63) is 0 Å². The second kappa shape index (κ2) is 11.8. The monoisotopic (exact) mass is 376 g/mol. The van der Waals surface area contributed by atoms with Crippen molar-refractivity contribution >= 4 is 8.60 Å². The van der Waals surface area contributed by atoms with E-state index in [1.165, 1.54) is 19.3 Å². The van der Waals surface area contributed by atoms with Gasteiger partial charge in [0, 0.05) is 19.8 Å². The summed E-state index contributed by atoms with van der Waals surface area (Å²) in [5.41, 5.74) is 0. The first kappa shape index (κ1) is 19.9. The molecule has 3 aliphatic heterocycles.